The third-order valence-electron chi connectivity index (χ3n) is 2.70. The molecule has 1 N–H and O–H groups in total. The topological polar surface area (TPSA) is 12.0 Å². The summed E-state index contributed by atoms with van der Waals surface area (Å²) in [6, 6.07) is 0.642. The Labute approximate surface area is 95.0 Å². The predicted octanol–water partition coefficient (Wildman–Crippen LogP) is 3.84. The summed E-state index contributed by atoms with van der Waals surface area (Å²) in [5.41, 5.74) is 4.25. The number of hydrogen-bond donors (Lipinski definition) is 1. The lowest BCUT2D eigenvalue weighted by Gasteiger charge is -2.06. The van der Waals surface area contributed by atoms with Gasteiger partial charge in [-0.25, -0.2) is 0 Å². The minimum atomic E-state index is 0.642. The van der Waals surface area contributed by atoms with E-state index < -0.39 is 0 Å². The zero-order valence-corrected chi connectivity index (χ0v) is 10.9. The van der Waals surface area contributed by atoms with E-state index in [0.717, 1.165) is 6.42 Å². The van der Waals surface area contributed by atoms with Gasteiger partial charge in [-0.1, -0.05) is 43.7 Å². The molecule has 86 valence electrons. The SMILES string of the molecule is C=C/C(C)=C\C1=C(C)CC(NC)C1.CC. The predicted molar refractivity (Wildman–Crippen MR) is 70.1 cm³/mol. The van der Waals surface area contributed by atoms with Crippen LogP contribution in [0.25, 0.3) is 0 Å². The minimum Gasteiger partial charge on any atom is -0.316 e. The van der Waals surface area contributed by atoms with Gasteiger partial charge in [0.15, 0.2) is 0 Å². The molecule has 0 bridgehead atoms. The number of rotatable bonds is 3. The van der Waals surface area contributed by atoms with Crippen molar-refractivity contribution in [2.45, 2.75) is 46.6 Å². The smallest absolute Gasteiger partial charge is 0.0142 e. The summed E-state index contributed by atoms with van der Waals surface area (Å²) in [6.45, 7) is 12.1. The van der Waals surface area contributed by atoms with Crippen molar-refractivity contribution in [1.29, 1.82) is 0 Å². The summed E-state index contributed by atoms with van der Waals surface area (Å²) in [7, 11) is 2.03. The van der Waals surface area contributed by atoms with Crippen molar-refractivity contribution >= 4 is 0 Å². The molecule has 1 aliphatic carbocycles. The molecule has 1 heteroatoms. The fourth-order valence-corrected chi connectivity index (χ4v) is 1.73. The molecule has 0 radical (unpaired) electrons. The van der Waals surface area contributed by atoms with Crippen molar-refractivity contribution < 1.29 is 0 Å². The molecule has 1 rings (SSSR count). The average molecular weight is 207 g/mol. The number of allylic oxidation sites excluding steroid dienone is 3. The molecule has 0 fully saturated rings. The largest absolute Gasteiger partial charge is 0.316 e. The Morgan fingerprint density at radius 1 is 1.40 bits per heavy atom. The Balaban J connectivity index is 0.000000921. The molecular formula is C14H25N. The standard InChI is InChI=1S/C12H19N.C2H6/c1-5-9(2)6-11-8-12(13-4)7-10(11)3;1-2/h5-6,12-13H,1,7-8H2,2-4H3;1-2H3/b9-6-;. The number of nitrogens with one attached hydrogen (secondary N) is 1. The van der Waals surface area contributed by atoms with Gasteiger partial charge in [0.1, 0.15) is 0 Å². The molecule has 0 amide bonds. The molecule has 0 spiro atoms. The fraction of sp³-hybridized carbons (Fsp3) is 0.571. The van der Waals surface area contributed by atoms with Crippen molar-refractivity contribution in [3.8, 4) is 0 Å². The van der Waals surface area contributed by atoms with Crippen LogP contribution in [0.4, 0.5) is 0 Å². The fourth-order valence-electron chi connectivity index (χ4n) is 1.73. The molecule has 1 aliphatic rings. The first kappa shape index (κ1) is 14.2. The molecule has 0 heterocycles. The lowest BCUT2D eigenvalue weighted by atomic mass is 10.1. The van der Waals surface area contributed by atoms with Gasteiger partial charge in [0.05, 0.1) is 0 Å². The highest BCUT2D eigenvalue weighted by Crippen LogP contribution is 2.27. The summed E-state index contributed by atoms with van der Waals surface area (Å²) in [5, 5.41) is 3.32. The molecule has 1 unspecified atom stereocenters. The van der Waals surface area contributed by atoms with Crippen LogP contribution in [-0.4, -0.2) is 13.1 Å². The van der Waals surface area contributed by atoms with E-state index >= 15 is 0 Å². The van der Waals surface area contributed by atoms with Crippen LogP contribution in [0.2, 0.25) is 0 Å². The Morgan fingerprint density at radius 2 is 2.00 bits per heavy atom. The van der Waals surface area contributed by atoms with Crippen molar-refractivity contribution in [3.63, 3.8) is 0 Å². The van der Waals surface area contributed by atoms with Gasteiger partial charge in [-0.05, 0) is 39.3 Å². The van der Waals surface area contributed by atoms with E-state index in [0.29, 0.717) is 6.04 Å². The van der Waals surface area contributed by atoms with Gasteiger partial charge in [-0.15, -0.1) is 0 Å². The highest BCUT2D eigenvalue weighted by Gasteiger charge is 2.18. The lowest BCUT2D eigenvalue weighted by Crippen LogP contribution is -2.21. The van der Waals surface area contributed by atoms with E-state index in [-0.39, 0.29) is 0 Å². The molecular weight excluding hydrogens is 182 g/mol. The minimum absolute atomic E-state index is 0.642. The van der Waals surface area contributed by atoms with Crippen molar-refractivity contribution in [2.24, 2.45) is 0 Å². The van der Waals surface area contributed by atoms with E-state index in [1.54, 1.807) is 0 Å². The second-order valence-electron chi connectivity index (χ2n) is 3.79. The molecule has 0 aromatic rings. The van der Waals surface area contributed by atoms with Crippen LogP contribution >= 0.6 is 0 Å². The molecule has 0 saturated heterocycles. The first-order valence-corrected chi connectivity index (χ1v) is 5.84. The van der Waals surface area contributed by atoms with E-state index in [2.05, 4.69) is 31.8 Å². The molecule has 0 saturated carbocycles. The van der Waals surface area contributed by atoms with Gasteiger partial charge in [0.25, 0.3) is 0 Å². The maximum absolute atomic E-state index is 3.76. The average Bonchev–Trinajstić information content (AvgIpc) is 2.62. The molecule has 0 aromatic carbocycles. The Morgan fingerprint density at radius 3 is 2.40 bits per heavy atom. The van der Waals surface area contributed by atoms with Gasteiger partial charge >= 0.3 is 0 Å². The second kappa shape index (κ2) is 7.47. The van der Waals surface area contributed by atoms with Crippen LogP contribution in [0.3, 0.4) is 0 Å². The van der Waals surface area contributed by atoms with E-state index in [1.807, 2.05) is 27.0 Å². The molecule has 0 aromatic heterocycles. The highest BCUT2D eigenvalue weighted by atomic mass is 14.9. The maximum atomic E-state index is 3.76. The van der Waals surface area contributed by atoms with Crippen LogP contribution in [-0.2, 0) is 0 Å². The zero-order valence-electron chi connectivity index (χ0n) is 10.9. The molecule has 1 nitrogen and oxygen atoms in total. The van der Waals surface area contributed by atoms with Crippen LogP contribution in [0.5, 0.6) is 0 Å². The summed E-state index contributed by atoms with van der Waals surface area (Å²) < 4.78 is 0. The van der Waals surface area contributed by atoms with Crippen LogP contribution < -0.4 is 5.32 Å². The number of hydrogen-bond acceptors (Lipinski definition) is 1. The summed E-state index contributed by atoms with van der Waals surface area (Å²) in [5.74, 6) is 0. The lowest BCUT2D eigenvalue weighted by molar-refractivity contribution is 0.590. The van der Waals surface area contributed by atoms with E-state index in [1.165, 1.54) is 23.1 Å². The van der Waals surface area contributed by atoms with Gasteiger partial charge in [0.2, 0.25) is 0 Å². The van der Waals surface area contributed by atoms with Gasteiger partial charge in [-0.3, -0.25) is 0 Å². The van der Waals surface area contributed by atoms with Crippen LogP contribution in [0.1, 0.15) is 40.5 Å². The van der Waals surface area contributed by atoms with Gasteiger partial charge in [-0.2, -0.15) is 0 Å². The Bertz CT molecular complexity index is 259. The van der Waals surface area contributed by atoms with E-state index in [4.69, 9.17) is 0 Å². The van der Waals surface area contributed by atoms with Gasteiger partial charge < -0.3 is 5.32 Å². The Hall–Kier alpha value is -0.820. The van der Waals surface area contributed by atoms with Crippen LogP contribution in [0.15, 0.2) is 35.5 Å². The Kier molecular flexibility index (Phi) is 7.06. The molecule has 0 aliphatic heterocycles. The third-order valence-corrected chi connectivity index (χ3v) is 2.70. The second-order valence-corrected chi connectivity index (χ2v) is 3.79. The summed E-state index contributed by atoms with van der Waals surface area (Å²) >= 11 is 0. The van der Waals surface area contributed by atoms with Crippen LogP contribution in [0, 0.1) is 0 Å². The molecule has 15 heavy (non-hydrogen) atoms. The summed E-state index contributed by atoms with van der Waals surface area (Å²) in [6.07, 6.45) is 6.51. The highest BCUT2D eigenvalue weighted by molar-refractivity contribution is 5.35. The van der Waals surface area contributed by atoms with Gasteiger partial charge in [0, 0.05) is 6.04 Å². The maximum Gasteiger partial charge on any atom is 0.0142 e. The normalized spacial score (nSPS) is 21.1. The van der Waals surface area contributed by atoms with Crippen molar-refractivity contribution in [3.05, 3.63) is 35.5 Å². The third kappa shape index (κ3) is 4.48. The van der Waals surface area contributed by atoms with Crippen molar-refractivity contribution in [1.82, 2.24) is 5.32 Å². The van der Waals surface area contributed by atoms with E-state index in [9.17, 15) is 0 Å². The van der Waals surface area contributed by atoms with Crippen molar-refractivity contribution in [2.75, 3.05) is 7.05 Å². The monoisotopic (exact) mass is 207 g/mol. The quantitative estimate of drug-likeness (QED) is 0.693. The first-order valence-electron chi connectivity index (χ1n) is 5.84. The molecule has 1 atom stereocenters. The summed E-state index contributed by atoms with van der Waals surface area (Å²) in [4.78, 5) is 0. The zero-order chi connectivity index (χ0) is 11.8. The first-order chi connectivity index (χ1) is 7.17.